The molecule has 6 heteroatoms. The van der Waals surface area contributed by atoms with Crippen LogP contribution in [0.2, 0.25) is 0 Å². The highest BCUT2D eigenvalue weighted by Gasteiger charge is 2.38. The predicted molar refractivity (Wildman–Crippen MR) is 92.3 cm³/mol. The molecule has 0 aromatic heterocycles. The van der Waals surface area contributed by atoms with E-state index in [0.717, 1.165) is 17.3 Å². The van der Waals surface area contributed by atoms with Crippen molar-refractivity contribution in [3.8, 4) is 0 Å². The molecule has 1 fully saturated rings. The molecule has 1 aliphatic rings. The first-order valence-corrected chi connectivity index (χ1v) is 8.81. The molecular formula is C14H17BrN2OS2. The van der Waals surface area contributed by atoms with E-state index in [0.29, 0.717) is 23.6 Å². The van der Waals surface area contributed by atoms with Crippen molar-refractivity contribution in [1.29, 1.82) is 0 Å². The number of amides is 1. The molecule has 2 rings (SSSR count). The average molecular weight is 373 g/mol. The van der Waals surface area contributed by atoms with Crippen LogP contribution < -0.4 is 5.73 Å². The molecule has 108 valence electrons. The van der Waals surface area contributed by atoms with Crippen molar-refractivity contribution < 1.29 is 4.79 Å². The maximum absolute atomic E-state index is 12.5. The van der Waals surface area contributed by atoms with Crippen LogP contribution in [0.15, 0.2) is 28.7 Å². The number of benzene rings is 1. The molecule has 1 saturated heterocycles. The van der Waals surface area contributed by atoms with E-state index < -0.39 is 0 Å². The number of hydrogen-bond acceptors (Lipinski definition) is 3. The summed E-state index contributed by atoms with van der Waals surface area (Å²) in [7, 11) is 0. The van der Waals surface area contributed by atoms with E-state index in [1.807, 2.05) is 35.4 Å². The molecule has 0 unspecified atom stereocenters. The largest absolute Gasteiger partial charge is 0.392 e. The Morgan fingerprint density at radius 3 is 2.50 bits per heavy atom. The average Bonchev–Trinajstić information content (AvgIpc) is 2.47. The molecule has 1 aromatic rings. The second-order valence-electron chi connectivity index (χ2n) is 4.83. The van der Waals surface area contributed by atoms with Gasteiger partial charge in [-0.1, -0.05) is 24.4 Å². The molecule has 1 heterocycles. The van der Waals surface area contributed by atoms with Crippen LogP contribution in [0.5, 0.6) is 0 Å². The number of likely N-dealkylation sites (tertiary alicyclic amines) is 1. The predicted octanol–water partition coefficient (Wildman–Crippen LogP) is 3.07. The van der Waals surface area contributed by atoms with Gasteiger partial charge in [0.15, 0.2) is 0 Å². The van der Waals surface area contributed by atoms with E-state index in [1.54, 1.807) is 11.8 Å². The number of carbonyl (C=O) groups excluding carboxylic acids is 1. The first-order valence-electron chi connectivity index (χ1n) is 6.39. The van der Waals surface area contributed by atoms with Gasteiger partial charge in [0.2, 0.25) is 0 Å². The van der Waals surface area contributed by atoms with Crippen LogP contribution in [0.3, 0.4) is 0 Å². The Bertz CT molecular complexity index is 528. The zero-order chi connectivity index (χ0) is 14.8. The molecule has 1 aliphatic heterocycles. The molecular weight excluding hydrogens is 356 g/mol. The number of carbonyl (C=O) groups is 1. The van der Waals surface area contributed by atoms with Crippen molar-refractivity contribution in [1.82, 2.24) is 4.90 Å². The van der Waals surface area contributed by atoms with Crippen molar-refractivity contribution >= 4 is 50.8 Å². The Morgan fingerprint density at radius 2 is 2.00 bits per heavy atom. The third-order valence-electron chi connectivity index (χ3n) is 3.80. The van der Waals surface area contributed by atoms with Crippen LogP contribution in [-0.2, 0) is 0 Å². The van der Waals surface area contributed by atoms with Gasteiger partial charge < -0.3 is 10.6 Å². The minimum atomic E-state index is -0.153. The van der Waals surface area contributed by atoms with E-state index in [4.69, 9.17) is 18.0 Å². The van der Waals surface area contributed by atoms with E-state index in [1.165, 1.54) is 0 Å². The molecule has 0 bridgehead atoms. The minimum Gasteiger partial charge on any atom is -0.392 e. The van der Waals surface area contributed by atoms with Crippen LogP contribution >= 0.6 is 39.9 Å². The van der Waals surface area contributed by atoms with Crippen molar-refractivity contribution in [2.75, 3.05) is 19.3 Å². The molecule has 0 atom stereocenters. The van der Waals surface area contributed by atoms with Crippen molar-refractivity contribution in [2.24, 2.45) is 5.73 Å². The summed E-state index contributed by atoms with van der Waals surface area (Å²) in [4.78, 5) is 15.0. The fourth-order valence-corrected chi connectivity index (χ4v) is 4.13. The van der Waals surface area contributed by atoms with Crippen LogP contribution in [0.4, 0.5) is 0 Å². The van der Waals surface area contributed by atoms with Gasteiger partial charge in [0, 0.05) is 17.6 Å². The van der Waals surface area contributed by atoms with Crippen molar-refractivity contribution in [3.05, 3.63) is 34.3 Å². The second kappa shape index (κ2) is 6.45. The quantitative estimate of drug-likeness (QED) is 0.828. The summed E-state index contributed by atoms with van der Waals surface area (Å²) in [6, 6.07) is 7.51. The van der Waals surface area contributed by atoms with Crippen LogP contribution in [0.25, 0.3) is 0 Å². The highest BCUT2D eigenvalue weighted by molar-refractivity contribution is 9.10. The third-order valence-corrected chi connectivity index (χ3v) is 6.42. The zero-order valence-corrected chi connectivity index (χ0v) is 14.5. The fourth-order valence-electron chi connectivity index (χ4n) is 2.43. The third kappa shape index (κ3) is 3.02. The van der Waals surface area contributed by atoms with Gasteiger partial charge in [-0.3, -0.25) is 4.79 Å². The van der Waals surface area contributed by atoms with Crippen molar-refractivity contribution in [3.63, 3.8) is 0 Å². The van der Waals surface area contributed by atoms with Gasteiger partial charge in [0.05, 0.1) is 15.3 Å². The molecule has 1 amide bonds. The van der Waals surface area contributed by atoms with Crippen LogP contribution in [0.1, 0.15) is 23.2 Å². The van der Waals surface area contributed by atoms with E-state index in [-0.39, 0.29) is 10.7 Å². The Morgan fingerprint density at radius 1 is 1.40 bits per heavy atom. The van der Waals surface area contributed by atoms with E-state index in [9.17, 15) is 4.79 Å². The maximum Gasteiger partial charge on any atom is 0.254 e. The number of nitrogens with two attached hydrogens (primary N) is 1. The summed E-state index contributed by atoms with van der Waals surface area (Å²) in [6.45, 7) is 1.39. The summed E-state index contributed by atoms with van der Waals surface area (Å²) in [5, 5.41) is 0. The summed E-state index contributed by atoms with van der Waals surface area (Å²) in [6.07, 6.45) is 3.67. The maximum atomic E-state index is 12.5. The number of halogens is 1. The van der Waals surface area contributed by atoms with Crippen LogP contribution in [-0.4, -0.2) is 39.9 Å². The molecule has 1 aromatic carbocycles. The number of nitrogens with zero attached hydrogens (tertiary/aromatic N) is 1. The first-order chi connectivity index (χ1) is 9.50. The summed E-state index contributed by atoms with van der Waals surface area (Å²) < 4.78 is 0.682. The van der Waals surface area contributed by atoms with Gasteiger partial charge in [-0.25, -0.2) is 0 Å². The number of hydrogen-bond donors (Lipinski definition) is 1. The van der Waals surface area contributed by atoms with E-state index >= 15 is 0 Å². The van der Waals surface area contributed by atoms with Gasteiger partial charge in [0.25, 0.3) is 5.91 Å². The zero-order valence-electron chi connectivity index (χ0n) is 11.3. The molecule has 0 aliphatic carbocycles. The smallest absolute Gasteiger partial charge is 0.254 e. The highest BCUT2D eigenvalue weighted by Crippen LogP contribution is 2.35. The second-order valence-corrected chi connectivity index (χ2v) is 7.32. The molecule has 0 radical (unpaired) electrons. The number of piperidine rings is 1. The van der Waals surface area contributed by atoms with Gasteiger partial charge in [0.1, 0.15) is 0 Å². The molecule has 0 spiro atoms. The summed E-state index contributed by atoms with van der Waals surface area (Å²) in [5.74, 6) is 0.0649. The van der Waals surface area contributed by atoms with Gasteiger partial charge in [-0.2, -0.15) is 11.8 Å². The molecule has 0 saturated carbocycles. The number of rotatable bonds is 3. The van der Waals surface area contributed by atoms with Crippen LogP contribution in [0, 0.1) is 0 Å². The van der Waals surface area contributed by atoms with E-state index in [2.05, 4.69) is 15.9 Å². The highest BCUT2D eigenvalue weighted by atomic mass is 79.9. The number of thioether (sulfide) groups is 1. The van der Waals surface area contributed by atoms with Crippen molar-refractivity contribution in [2.45, 2.75) is 17.6 Å². The lowest BCUT2D eigenvalue weighted by atomic mass is 9.95. The Hall–Kier alpha value is -0.590. The monoisotopic (exact) mass is 372 g/mol. The normalized spacial score (nSPS) is 17.8. The first kappa shape index (κ1) is 15.8. The summed E-state index contributed by atoms with van der Waals surface area (Å²) >= 11 is 10.3. The van der Waals surface area contributed by atoms with Gasteiger partial charge in [-0.05, 0) is 47.2 Å². The van der Waals surface area contributed by atoms with Gasteiger partial charge in [-0.15, -0.1) is 0 Å². The lowest BCUT2D eigenvalue weighted by Gasteiger charge is -2.40. The lowest BCUT2D eigenvalue weighted by Crippen LogP contribution is -2.50. The molecule has 3 nitrogen and oxygen atoms in total. The standard InChI is InChI=1S/C14H17BrN2OS2/c1-20-14(13(16)19)6-8-17(9-7-14)12(18)10-4-2-3-5-11(10)15/h2-5H,6-9H2,1H3,(H2,16,19). The SMILES string of the molecule is CSC1(C(N)=S)CCN(C(=O)c2ccccc2Br)CC1. The molecule has 2 N–H and O–H groups in total. The topological polar surface area (TPSA) is 46.3 Å². The summed E-state index contributed by atoms with van der Waals surface area (Å²) in [5.41, 5.74) is 6.58. The minimum absolute atomic E-state index is 0.0649. The Kier molecular flexibility index (Phi) is 5.09. The Labute approximate surface area is 137 Å². The lowest BCUT2D eigenvalue weighted by molar-refractivity contribution is 0.0718. The van der Waals surface area contributed by atoms with Gasteiger partial charge >= 0.3 is 0 Å². The fraction of sp³-hybridized carbons (Fsp3) is 0.429. The Balaban J connectivity index is 2.10. The number of thiocarbonyl (C=S) groups is 1. The molecule has 20 heavy (non-hydrogen) atoms.